The van der Waals surface area contributed by atoms with Crippen LogP contribution in [0.2, 0.25) is 0 Å². The Hall–Kier alpha value is -1.08. The molecule has 20 heavy (non-hydrogen) atoms. The van der Waals surface area contributed by atoms with Crippen LogP contribution in [0.1, 0.15) is 45.4 Å². The number of ether oxygens (including phenoxy) is 1. The minimum atomic E-state index is -0.907. The van der Waals surface area contributed by atoms with Gasteiger partial charge in [0.15, 0.2) is 0 Å². The van der Waals surface area contributed by atoms with E-state index in [0.29, 0.717) is 11.2 Å². The maximum Gasteiger partial charge on any atom is 0.314 e. The molecule has 0 spiro atoms. The lowest BCUT2D eigenvalue weighted by molar-refractivity contribution is -0.133. The first kappa shape index (κ1) is 15.3. The summed E-state index contributed by atoms with van der Waals surface area (Å²) < 4.78 is 10.8. The van der Waals surface area contributed by atoms with E-state index in [9.17, 15) is 4.79 Å². The van der Waals surface area contributed by atoms with E-state index in [2.05, 4.69) is 24.0 Å². The molecule has 1 aliphatic rings. The van der Waals surface area contributed by atoms with Crippen LogP contribution in [0.5, 0.6) is 0 Å². The number of thioether (sulfide) groups is 1. The predicted molar refractivity (Wildman–Crippen MR) is 73.6 cm³/mol. The number of nitrogens with zero attached hydrogens (tertiary/aromatic N) is 2. The minimum Gasteiger partial charge on any atom is -0.481 e. The molecule has 1 aromatic heterocycles. The Morgan fingerprint density at radius 1 is 1.40 bits per heavy atom. The fourth-order valence-electron chi connectivity index (χ4n) is 2.43. The van der Waals surface area contributed by atoms with Gasteiger partial charge in [-0.25, -0.2) is 0 Å². The average molecular weight is 300 g/mol. The van der Waals surface area contributed by atoms with Crippen molar-refractivity contribution in [2.24, 2.45) is 5.41 Å². The van der Waals surface area contributed by atoms with Crippen molar-refractivity contribution in [2.45, 2.75) is 50.4 Å². The van der Waals surface area contributed by atoms with Gasteiger partial charge in [0.25, 0.3) is 5.22 Å². The van der Waals surface area contributed by atoms with Gasteiger partial charge in [0, 0.05) is 7.11 Å². The minimum absolute atomic E-state index is 0.0886. The van der Waals surface area contributed by atoms with Gasteiger partial charge in [-0.05, 0) is 31.1 Å². The summed E-state index contributed by atoms with van der Waals surface area (Å²) in [6, 6.07) is 0. The van der Waals surface area contributed by atoms with Crippen LogP contribution in [0.25, 0.3) is 0 Å². The van der Waals surface area contributed by atoms with E-state index in [0.717, 1.165) is 37.4 Å². The van der Waals surface area contributed by atoms with E-state index in [-0.39, 0.29) is 11.0 Å². The molecule has 0 unspecified atom stereocenters. The molecule has 1 N–H and O–H groups in total. The molecule has 2 rings (SSSR count). The maximum atomic E-state index is 10.5. The van der Waals surface area contributed by atoms with Crippen molar-refractivity contribution < 1.29 is 19.2 Å². The molecule has 1 heterocycles. The Morgan fingerprint density at radius 3 is 2.60 bits per heavy atom. The Labute approximate surface area is 122 Å². The predicted octanol–water partition coefficient (Wildman–Crippen LogP) is 2.69. The van der Waals surface area contributed by atoms with Gasteiger partial charge in [-0.15, -0.1) is 0 Å². The highest BCUT2D eigenvalue weighted by molar-refractivity contribution is 7.99. The average Bonchev–Trinajstić information content (AvgIpc) is 2.86. The zero-order chi connectivity index (χ0) is 14.8. The highest BCUT2D eigenvalue weighted by Gasteiger charge is 2.43. The van der Waals surface area contributed by atoms with Crippen LogP contribution in [0.4, 0.5) is 0 Å². The van der Waals surface area contributed by atoms with Gasteiger partial charge in [-0.1, -0.05) is 30.8 Å². The first-order chi connectivity index (χ1) is 9.37. The van der Waals surface area contributed by atoms with E-state index in [1.54, 1.807) is 7.11 Å². The molecule has 0 saturated heterocycles. The molecule has 0 atom stereocenters. The normalized spacial score (nSPS) is 20.8. The molecule has 0 bridgehead atoms. The second-order valence-corrected chi connectivity index (χ2v) is 6.86. The lowest BCUT2D eigenvalue weighted by Gasteiger charge is -2.40. The summed E-state index contributed by atoms with van der Waals surface area (Å²) in [7, 11) is 1.67. The van der Waals surface area contributed by atoms with Gasteiger partial charge < -0.3 is 14.4 Å². The second-order valence-electron chi connectivity index (χ2n) is 5.93. The zero-order valence-corrected chi connectivity index (χ0v) is 12.8. The molecule has 1 aromatic rings. The SMILES string of the molecule is COC1(c2noc(SCC(=O)O)n2)CCC(C)(C)CC1. The van der Waals surface area contributed by atoms with Gasteiger partial charge in [0.1, 0.15) is 11.4 Å². The lowest BCUT2D eigenvalue weighted by Crippen LogP contribution is -2.37. The molecular weight excluding hydrogens is 280 g/mol. The quantitative estimate of drug-likeness (QED) is 0.837. The van der Waals surface area contributed by atoms with Gasteiger partial charge in [0.05, 0.1) is 0 Å². The van der Waals surface area contributed by atoms with Crippen LogP contribution in [0.15, 0.2) is 9.75 Å². The summed E-state index contributed by atoms with van der Waals surface area (Å²) in [5.74, 6) is -0.465. The van der Waals surface area contributed by atoms with Crippen LogP contribution < -0.4 is 0 Å². The van der Waals surface area contributed by atoms with Crippen molar-refractivity contribution in [1.82, 2.24) is 10.1 Å². The number of carboxylic acids is 1. The fourth-order valence-corrected chi connectivity index (χ4v) is 2.91. The Bertz CT molecular complexity index is 476. The second kappa shape index (κ2) is 5.73. The van der Waals surface area contributed by atoms with Crippen molar-refractivity contribution >= 4 is 17.7 Å². The molecule has 7 heteroatoms. The van der Waals surface area contributed by atoms with Gasteiger partial charge in [-0.3, -0.25) is 4.79 Å². The smallest absolute Gasteiger partial charge is 0.314 e. The van der Waals surface area contributed by atoms with Crippen LogP contribution in [0.3, 0.4) is 0 Å². The number of rotatable bonds is 5. The van der Waals surface area contributed by atoms with E-state index >= 15 is 0 Å². The van der Waals surface area contributed by atoms with E-state index in [4.69, 9.17) is 14.4 Å². The third-order valence-corrected chi connectivity index (χ3v) is 4.74. The Morgan fingerprint density at radius 2 is 2.05 bits per heavy atom. The number of aliphatic carboxylic acids is 1. The molecule has 1 aliphatic carbocycles. The van der Waals surface area contributed by atoms with Crippen molar-refractivity contribution in [3.05, 3.63) is 5.82 Å². The van der Waals surface area contributed by atoms with E-state index in [1.807, 2.05) is 0 Å². The number of hydrogen-bond donors (Lipinski definition) is 1. The van der Waals surface area contributed by atoms with Crippen molar-refractivity contribution in [3.8, 4) is 0 Å². The molecule has 0 amide bonds. The third-order valence-electron chi connectivity index (χ3n) is 3.94. The molecule has 0 aliphatic heterocycles. The maximum absolute atomic E-state index is 10.5. The molecule has 0 aromatic carbocycles. The molecular formula is C13H20N2O4S. The summed E-state index contributed by atoms with van der Waals surface area (Å²) in [5, 5.41) is 12.9. The number of hydrogen-bond acceptors (Lipinski definition) is 6. The van der Waals surface area contributed by atoms with Crippen LogP contribution in [-0.4, -0.2) is 34.1 Å². The number of aromatic nitrogens is 2. The monoisotopic (exact) mass is 300 g/mol. The fraction of sp³-hybridized carbons (Fsp3) is 0.769. The summed E-state index contributed by atoms with van der Waals surface area (Å²) in [4.78, 5) is 14.8. The number of methoxy groups -OCH3 is 1. The van der Waals surface area contributed by atoms with Crippen molar-refractivity contribution in [3.63, 3.8) is 0 Å². The summed E-state index contributed by atoms with van der Waals surface area (Å²) in [5.41, 5.74) is -0.187. The highest BCUT2D eigenvalue weighted by Crippen LogP contribution is 2.46. The van der Waals surface area contributed by atoms with Gasteiger partial charge in [0.2, 0.25) is 5.82 Å². The highest BCUT2D eigenvalue weighted by atomic mass is 32.2. The first-order valence-corrected chi connectivity index (χ1v) is 7.59. The molecule has 0 radical (unpaired) electrons. The Kier molecular flexibility index (Phi) is 4.39. The summed E-state index contributed by atoms with van der Waals surface area (Å²) in [6.45, 7) is 4.49. The number of carbonyl (C=O) groups is 1. The molecule has 1 saturated carbocycles. The molecule has 6 nitrogen and oxygen atoms in total. The standard InChI is InChI=1S/C13H20N2O4S/c1-12(2)4-6-13(18-3,7-5-12)10-14-11(19-15-10)20-8-9(16)17/h4-8H2,1-3H3,(H,16,17). The largest absolute Gasteiger partial charge is 0.481 e. The summed E-state index contributed by atoms with van der Waals surface area (Å²) >= 11 is 1.03. The van der Waals surface area contributed by atoms with E-state index < -0.39 is 11.6 Å². The molecule has 1 fully saturated rings. The lowest BCUT2D eigenvalue weighted by atomic mass is 9.70. The van der Waals surface area contributed by atoms with Crippen LogP contribution in [0, 0.1) is 5.41 Å². The van der Waals surface area contributed by atoms with Gasteiger partial charge >= 0.3 is 5.97 Å². The topological polar surface area (TPSA) is 85.5 Å². The van der Waals surface area contributed by atoms with Crippen LogP contribution >= 0.6 is 11.8 Å². The third kappa shape index (κ3) is 3.32. The summed E-state index contributed by atoms with van der Waals surface area (Å²) in [6.07, 6.45) is 3.76. The van der Waals surface area contributed by atoms with Crippen molar-refractivity contribution in [1.29, 1.82) is 0 Å². The first-order valence-electron chi connectivity index (χ1n) is 6.61. The zero-order valence-electron chi connectivity index (χ0n) is 12.0. The van der Waals surface area contributed by atoms with Gasteiger partial charge in [-0.2, -0.15) is 4.98 Å². The molecule has 112 valence electrons. The van der Waals surface area contributed by atoms with Crippen molar-refractivity contribution in [2.75, 3.05) is 12.9 Å². The Balaban J connectivity index is 2.10. The van der Waals surface area contributed by atoms with E-state index in [1.165, 1.54) is 0 Å². The number of carboxylic acid groups (broad SMARTS) is 1. The van der Waals surface area contributed by atoms with Crippen LogP contribution in [-0.2, 0) is 15.1 Å².